The van der Waals surface area contributed by atoms with Crippen LogP contribution in [0, 0.1) is 23.2 Å². The first kappa shape index (κ1) is 25.0. The molecule has 7 nitrogen and oxygen atoms in total. The standard InChI is InChI=1S/C26H39N5O2/c1-19(2)17-22(18-27)29-26(33)23-7-3-4-8-24(23)30-25(32)20-9-11-21(12-10-20)28-13-16-31-14-5-6-15-31/h9-12,19,22-24,28H,3-8,13-17H2,1-2H3,(H,29,33)(H,30,32)/t22-,23+,24-/m0/s1. The van der Waals surface area contributed by atoms with Gasteiger partial charge in [-0.15, -0.1) is 0 Å². The molecule has 1 aromatic carbocycles. The smallest absolute Gasteiger partial charge is 0.251 e. The molecular weight excluding hydrogens is 414 g/mol. The Morgan fingerprint density at radius 1 is 1.09 bits per heavy atom. The third-order valence-corrected chi connectivity index (χ3v) is 6.70. The van der Waals surface area contributed by atoms with Crippen LogP contribution < -0.4 is 16.0 Å². The summed E-state index contributed by atoms with van der Waals surface area (Å²) in [7, 11) is 0. The van der Waals surface area contributed by atoms with Gasteiger partial charge in [0.25, 0.3) is 5.91 Å². The number of likely N-dealkylation sites (tertiary alicyclic amines) is 1. The highest BCUT2D eigenvalue weighted by molar-refractivity contribution is 5.95. The van der Waals surface area contributed by atoms with Crippen LogP contribution in [-0.2, 0) is 4.79 Å². The zero-order valence-electron chi connectivity index (χ0n) is 20.1. The number of hydrogen-bond acceptors (Lipinski definition) is 5. The van der Waals surface area contributed by atoms with Crippen molar-refractivity contribution in [2.24, 2.45) is 11.8 Å². The molecular formula is C26H39N5O2. The molecule has 1 aliphatic heterocycles. The van der Waals surface area contributed by atoms with E-state index >= 15 is 0 Å². The van der Waals surface area contributed by atoms with Crippen LogP contribution in [-0.4, -0.2) is 55.0 Å². The van der Waals surface area contributed by atoms with Crippen molar-refractivity contribution in [1.29, 1.82) is 5.26 Å². The summed E-state index contributed by atoms with van der Waals surface area (Å²) in [6.45, 7) is 8.39. The lowest BCUT2D eigenvalue weighted by Crippen LogP contribution is -2.50. The van der Waals surface area contributed by atoms with Crippen molar-refractivity contribution in [3.8, 4) is 6.07 Å². The average molecular weight is 454 g/mol. The van der Waals surface area contributed by atoms with E-state index in [1.165, 1.54) is 25.9 Å². The van der Waals surface area contributed by atoms with Gasteiger partial charge in [0.05, 0.1) is 12.0 Å². The summed E-state index contributed by atoms with van der Waals surface area (Å²) in [6.07, 6.45) is 6.68. The fraction of sp³-hybridized carbons (Fsp3) is 0.654. The van der Waals surface area contributed by atoms with E-state index < -0.39 is 6.04 Å². The first-order valence-corrected chi connectivity index (χ1v) is 12.5. The van der Waals surface area contributed by atoms with Gasteiger partial charge in [-0.2, -0.15) is 5.26 Å². The monoisotopic (exact) mass is 453 g/mol. The minimum absolute atomic E-state index is 0.121. The van der Waals surface area contributed by atoms with Gasteiger partial charge in [-0.05, 0) is 75.4 Å². The van der Waals surface area contributed by atoms with Crippen molar-refractivity contribution in [3.63, 3.8) is 0 Å². The second-order valence-corrected chi connectivity index (χ2v) is 9.84. The van der Waals surface area contributed by atoms with Gasteiger partial charge in [0.15, 0.2) is 0 Å². The van der Waals surface area contributed by atoms with Crippen LogP contribution >= 0.6 is 0 Å². The molecule has 1 saturated carbocycles. The summed E-state index contributed by atoms with van der Waals surface area (Å²) < 4.78 is 0. The number of rotatable bonds is 10. The predicted octanol–water partition coefficient (Wildman–Crippen LogP) is 3.54. The molecule has 0 aromatic heterocycles. The molecule has 0 unspecified atom stereocenters. The lowest BCUT2D eigenvalue weighted by molar-refractivity contribution is -0.127. The van der Waals surface area contributed by atoms with E-state index in [4.69, 9.17) is 0 Å². The van der Waals surface area contributed by atoms with Crippen LogP contribution in [0.5, 0.6) is 0 Å². The highest BCUT2D eigenvalue weighted by atomic mass is 16.2. The Kier molecular flexibility index (Phi) is 9.56. The molecule has 1 saturated heterocycles. The first-order valence-electron chi connectivity index (χ1n) is 12.5. The molecule has 7 heteroatoms. The van der Waals surface area contributed by atoms with Gasteiger partial charge in [0.2, 0.25) is 5.91 Å². The Morgan fingerprint density at radius 2 is 1.79 bits per heavy atom. The molecule has 2 aliphatic rings. The van der Waals surface area contributed by atoms with Gasteiger partial charge in [0, 0.05) is 30.4 Å². The van der Waals surface area contributed by atoms with E-state index in [1.54, 1.807) is 0 Å². The number of nitriles is 1. The largest absolute Gasteiger partial charge is 0.384 e. The minimum atomic E-state index is -0.485. The van der Waals surface area contributed by atoms with Gasteiger partial charge in [0.1, 0.15) is 6.04 Å². The number of nitrogens with zero attached hydrogens (tertiary/aromatic N) is 2. The SMILES string of the molecule is CC(C)C[C@@H](C#N)NC(=O)[C@@H]1CCCC[C@@H]1NC(=O)c1ccc(NCCN2CCCC2)cc1. The Balaban J connectivity index is 1.51. The van der Waals surface area contributed by atoms with Crippen molar-refractivity contribution >= 4 is 17.5 Å². The van der Waals surface area contributed by atoms with E-state index in [-0.39, 0.29) is 23.8 Å². The van der Waals surface area contributed by atoms with E-state index in [0.29, 0.717) is 17.9 Å². The number of nitrogens with one attached hydrogen (secondary N) is 3. The van der Waals surface area contributed by atoms with E-state index in [9.17, 15) is 14.9 Å². The number of benzene rings is 1. The molecule has 1 heterocycles. The Bertz CT molecular complexity index is 811. The molecule has 3 N–H and O–H groups in total. The number of carbonyl (C=O) groups excluding carboxylic acids is 2. The maximum absolute atomic E-state index is 12.9. The van der Waals surface area contributed by atoms with Crippen molar-refractivity contribution < 1.29 is 9.59 Å². The van der Waals surface area contributed by atoms with Gasteiger partial charge in [-0.3, -0.25) is 9.59 Å². The molecule has 33 heavy (non-hydrogen) atoms. The number of amides is 2. The number of hydrogen-bond donors (Lipinski definition) is 3. The van der Waals surface area contributed by atoms with Gasteiger partial charge in [-0.25, -0.2) is 0 Å². The number of anilines is 1. The molecule has 3 rings (SSSR count). The van der Waals surface area contributed by atoms with Crippen molar-refractivity contribution in [3.05, 3.63) is 29.8 Å². The molecule has 180 valence electrons. The van der Waals surface area contributed by atoms with Crippen molar-refractivity contribution in [2.75, 3.05) is 31.5 Å². The Labute approximate surface area is 198 Å². The normalized spacial score (nSPS) is 21.9. The van der Waals surface area contributed by atoms with E-state index in [2.05, 4.69) is 26.9 Å². The van der Waals surface area contributed by atoms with Crippen LogP contribution in [0.15, 0.2) is 24.3 Å². The molecule has 2 amide bonds. The zero-order chi connectivity index (χ0) is 23.6. The number of carbonyl (C=O) groups is 2. The average Bonchev–Trinajstić information content (AvgIpc) is 3.32. The van der Waals surface area contributed by atoms with Crippen molar-refractivity contribution in [2.45, 2.75) is 70.9 Å². The molecule has 0 radical (unpaired) electrons. The van der Waals surface area contributed by atoms with E-state index in [1.807, 2.05) is 38.1 Å². The highest BCUT2D eigenvalue weighted by Gasteiger charge is 2.33. The Morgan fingerprint density at radius 3 is 2.45 bits per heavy atom. The van der Waals surface area contributed by atoms with Gasteiger partial charge < -0.3 is 20.9 Å². The zero-order valence-corrected chi connectivity index (χ0v) is 20.1. The Hall–Kier alpha value is -2.59. The van der Waals surface area contributed by atoms with Crippen LogP contribution in [0.4, 0.5) is 5.69 Å². The molecule has 1 aliphatic carbocycles. The predicted molar refractivity (Wildman–Crippen MR) is 131 cm³/mol. The molecule has 0 spiro atoms. The third-order valence-electron chi connectivity index (χ3n) is 6.70. The lowest BCUT2D eigenvalue weighted by atomic mass is 9.83. The second-order valence-electron chi connectivity index (χ2n) is 9.84. The second kappa shape index (κ2) is 12.6. The fourth-order valence-electron chi connectivity index (χ4n) is 4.87. The summed E-state index contributed by atoms with van der Waals surface area (Å²) in [5.74, 6) is -0.237. The fourth-order valence-corrected chi connectivity index (χ4v) is 4.87. The minimum Gasteiger partial charge on any atom is -0.384 e. The lowest BCUT2D eigenvalue weighted by Gasteiger charge is -2.32. The third kappa shape index (κ3) is 7.75. The summed E-state index contributed by atoms with van der Waals surface area (Å²) in [5.41, 5.74) is 1.60. The van der Waals surface area contributed by atoms with Gasteiger partial charge in [-0.1, -0.05) is 26.7 Å². The quantitative estimate of drug-likeness (QED) is 0.503. The molecule has 2 fully saturated rings. The van der Waals surface area contributed by atoms with Crippen LogP contribution in [0.1, 0.15) is 69.2 Å². The summed E-state index contributed by atoms with van der Waals surface area (Å²) in [6, 6.07) is 9.04. The molecule has 0 bridgehead atoms. The molecule has 3 atom stereocenters. The van der Waals surface area contributed by atoms with Gasteiger partial charge >= 0.3 is 0 Å². The summed E-state index contributed by atoms with van der Waals surface area (Å²) in [5, 5.41) is 18.8. The maximum Gasteiger partial charge on any atom is 0.251 e. The molecule has 1 aromatic rings. The van der Waals surface area contributed by atoms with Crippen LogP contribution in [0.3, 0.4) is 0 Å². The summed E-state index contributed by atoms with van der Waals surface area (Å²) >= 11 is 0. The maximum atomic E-state index is 12.9. The first-order chi connectivity index (χ1) is 16.0. The van der Waals surface area contributed by atoms with Crippen molar-refractivity contribution in [1.82, 2.24) is 15.5 Å². The van der Waals surface area contributed by atoms with Crippen LogP contribution in [0.2, 0.25) is 0 Å². The topological polar surface area (TPSA) is 97.3 Å². The van der Waals surface area contributed by atoms with Crippen LogP contribution in [0.25, 0.3) is 0 Å². The van der Waals surface area contributed by atoms with E-state index in [0.717, 1.165) is 44.5 Å². The summed E-state index contributed by atoms with van der Waals surface area (Å²) in [4.78, 5) is 28.2. The highest BCUT2D eigenvalue weighted by Crippen LogP contribution is 2.25.